The zero-order valence-corrected chi connectivity index (χ0v) is 11.2. The van der Waals surface area contributed by atoms with Crippen LogP contribution in [0.5, 0.6) is 5.75 Å². The van der Waals surface area contributed by atoms with E-state index >= 15 is 0 Å². The highest BCUT2D eigenvalue weighted by molar-refractivity contribution is 5.84. The smallest absolute Gasteiger partial charge is 0.293 e. The number of phenolic OH excluding ortho intramolecular Hbond substituents is 1. The summed E-state index contributed by atoms with van der Waals surface area (Å²) in [6.45, 7) is 0.704. The average molecular weight is 283 g/mol. The molecule has 0 bridgehead atoms. The molecule has 21 heavy (non-hydrogen) atoms. The lowest BCUT2D eigenvalue weighted by atomic mass is 10.0. The van der Waals surface area contributed by atoms with Crippen LogP contribution in [-0.2, 0) is 16.0 Å². The molecule has 0 unspecified atom stereocenters. The molecule has 1 N–H and O–H groups in total. The van der Waals surface area contributed by atoms with Gasteiger partial charge in [-0.05, 0) is 35.4 Å². The van der Waals surface area contributed by atoms with Crippen LogP contribution in [0.1, 0.15) is 5.69 Å². The molecule has 0 fully saturated rings. The molecule has 3 rings (SSSR count). The first-order chi connectivity index (χ1) is 10.3. The monoisotopic (exact) mass is 283 g/mol. The van der Waals surface area contributed by atoms with Crippen LogP contribution in [0.3, 0.4) is 0 Å². The van der Waals surface area contributed by atoms with Crippen LogP contribution in [0.15, 0.2) is 47.0 Å². The van der Waals surface area contributed by atoms with Gasteiger partial charge in [-0.25, -0.2) is 0 Å². The summed E-state index contributed by atoms with van der Waals surface area (Å²) in [6, 6.07) is 12.8. The molecular weight excluding hydrogens is 270 g/mol. The third-order valence-electron chi connectivity index (χ3n) is 3.27. The molecule has 106 valence electrons. The van der Waals surface area contributed by atoms with Crippen LogP contribution >= 0.6 is 0 Å². The second-order valence-electron chi connectivity index (χ2n) is 4.60. The van der Waals surface area contributed by atoms with E-state index in [9.17, 15) is 9.90 Å². The fourth-order valence-electron chi connectivity index (χ4n) is 2.21. The minimum atomic E-state index is 0.233. The van der Waals surface area contributed by atoms with E-state index in [-0.39, 0.29) is 12.4 Å². The third-order valence-corrected chi connectivity index (χ3v) is 3.27. The molecule has 0 aliphatic heterocycles. The maximum Gasteiger partial charge on any atom is 0.293 e. The highest BCUT2D eigenvalue weighted by Crippen LogP contribution is 2.27. The van der Waals surface area contributed by atoms with Crippen LogP contribution in [0.4, 0.5) is 0 Å². The van der Waals surface area contributed by atoms with Gasteiger partial charge in [0.1, 0.15) is 5.75 Å². The molecule has 0 atom stereocenters. The van der Waals surface area contributed by atoms with Gasteiger partial charge in [0.15, 0.2) is 5.58 Å². The molecular formula is C16H13NO4. The number of carbonyl (C=O) groups is 1. The van der Waals surface area contributed by atoms with Crippen molar-refractivity contribution in [3.63, 3.8) is 0 Å². The summed E-state index contributed by atoms with van der Waals surface area (Å²) in [5.41, 5.74) is 3.41. The quantitative estimate of drug-likeness (QED) is 0.575. The van der Waals surface area contributed by atoms with Gasteiger partial charge in [0, 0.05) is 11.8 Å². The van der Waals surface area contributed by atoms with Crippen LogP contribution in [0, 0.1) is 0 Å². The Kier molecular flexibility index (Phi) is 3.55. The van der Waals surface area contributed by atoms with Gasteiger partial charge in [-0.2, -0.15) is 0 Å². The number of benzene rings is 2. The third kappa shape index (κ3) is 2.72. The number of hydrogen-bond donors (Lipinski definition) is 1. The largest absolute Gasteiger partial charge is 0.508 e. The van der Waals surface area contributed by atoms with Crippen molar-refractivity contribution in [2.75, 3.05) is 6.61 Å². The number of aromatic hydroxyl groups is 1. The Balaban J connectivity index is 1.90. The van der Waals surface area contributed by atoms with E-state index in [1.807, 2.05) is 30.3 Å². The predicted octanol–water partition coefficient (Wildman–Crippen LogP) is 2.92. The average Bonchev–Trinajstić information content (AvgIpc) is 2.91. The second kappa shape index (κ2) is 5.66. The Morgan fingerprint density at radius 1 is 1.14 bits per heavy atom. The number of fused-ring (bicyclic) bond motifs is 1. The lowest BCUT2D eigenvalue weighted by molar-refractivity contribution is -0.128. The summed E-state index contributed by atoms with van der Waals surface area (Å²) in [4.78, 5) is 10.1. The molecule has 5 heteroatoms. The molecule has 0 saturated heterocycles. The van der Waals surface area contributed by atoms with Crippen molar-refractivity contribution < 1.29 is 19.2 Å². The van der Waals surface area contributed by atoms with E-state index in [1.165, 1.54) is 0 Å². The zero-order valence-electron chi connectivity index (χ0n) is 11.2. The molecule has 0 aliphatic rings. The molecule has 5 nitrogen and oxygen atoms in total. The summed E-state index contributed by atoms with van der Waals surface area (Å²) < 4.78 is 10.00. The van der Waals surface area contributed by atoms with Crippen molar-refractivity contribution in [3.8, 4) is 16.9 Å². The van der Waals surface area contributed by atoms with E-state index < -0.39 is 0 Å². The van der Waals surface area contributed by atoms with Gasteiger partial charge in [-0.15, -0.1) is 0 Å². The summed E-state index contributed by atoms with van der Waals surface area (Å²) in [6.07, 6.45) is 0.518. The molecule has 0 saturated carbocycles. The van der Waals surface area contributed by atoms with Crippen LogP contribution in [0.2, 0.25) is 0 Å². The molecule has 0 spiro atoms. The van der Waals surface area contributed by atoms with Gasteiger partial charge in [-0.3, -0.25) is 4.79 Å². The fraction of sp³-hybridized carbons (Fsp3) is 0.125. The molecule has 0 amide bonds. The highest BCUT2D eigenvalue weighted by atomic mass is 16.5. The minimum absolute atomic E-state index is 0.233. The van der Waals surface area contributed by atoms with Crippen molar-refractivity contribution in [1.29, 1.82) is 0 Å². The Labute approximate surface area is 120 Å². The molecule has 0 aliphatic carbocycles. The number of hydrogen-bond acceptors (Lipinski definition) is 5. The lowest BCUT2D eigenvalue weighted by Crippen LogP contribution is -1.96. The van der Waals surface area contributed by atoms with Gasteiger partial charge < -0.3 is 14.4 Å². The number of nitrogens with zero attached hydrogens (tertiary/aromatic N) is 1. The normalized spacial score (nSPS) is 10.7. The van der Waals surface area contributed by atoms with Gasteiger partial charge >= 0.3 is 0 Å². The maximum absolute atomic E-state index is 10.1. The van der Waals surface area contributed by atoms with Crippen molar-refractivity contribution in [2.24, 2.45) is 0 Å². The Morgan fingerprint density at radius 2 is 1.90 bits per heavy atom. The number of carbonyl (C=O) groups excluding carboxylic acids is 1. The van der Waals surface area contributed by atoms with Crippen molar-refractivity contribution in [3.05, 3.63) is 48.2 Å². The number of aromatic nitrogens is 1. The van der Waals surface area contributed by atoms with Crippen molar-refractivity contribution in [2.45, 2.75) is 6.42 Å². The molecule has 1 heterocycles. The Bertz CT molecular complexity index is 762. The number of ether oxygens (including phenoxy) is 1. The zero-order chi connectivity index (χ0) is 14.7. The first kappa shape index (κ1) is 13.2. The minimum Gasteiger partial charge on any atom is -0.508 e. The van der Waals surface area contributed by atoms with Crippen molar-refractivity contribution >= 4 is 17.4 Å². The molecule has 2 aromatic carbocycles. The van der Waals surface area contributed by atoms with E-state index in [0.717, 1.165) is 22.2 Å². The number of phenols is 1. The number of rotatable bonds is 5. The van der Waals surface area contributed by atoms with E-state index in [0.29, 0.717) is 18.5 Å². The standard InChI is InChI=1S/C16H13NO4/c18-10-20-8-7-15-14-6-3-12(9-16(14)21-17-15)11-1-4-13(19)5-2-11/h1-6,9-10,19H,7-8H2. The van der Waals surface area contributed by atoms with Crippen LogP contribution < -0.4 is 0 Å². The van der Waals surface area contributed by atoms with Crippen molar-refractivity contribution in [1.82, 2.24) is 5.16 Å². The first-order valence-corrected chi connectivity index (χ1v) is 6.51. The second-order valence-corrected chi connectivity index (χ2v) is 4.60. The summed E-state index contributed by atoms with van der Waals surface area (Å²) >= 11 is 0. The summed E-state index contributed by atoms with van der Waals surface area (Å²) in [5.74, 6) is 0.233. The fourth-order valence-corrected chi connectivity index (χ4v) is 2.21. The van der Waals surface area contributed by atoms with E-state index in [1.54, 1.807) is 12.1 Å². The van der Waals surface area contributed by atoms with E-state index in [2.05, 4.69) is 9.89 Å². The van der Waals surface area contributed by atoms with Crippen LogP contribution in [0.25, 0.3) is 22.1 Å². The van der Waals surface area contributed by atoms with Gasteiger partial charge in [0.25, 0.3) is 6.47 Å². The molecule has 3 aromatic rings. The lowest BCUT2D eigenvalue weighted by Gasteiger charge is -2.02. The first-order valence-electron chi connectivity index (χ1n) is 6.51. The van der Waals surface area contributed by atoms with E-state index in [4.69, 9.17) is 4.52 Å². The summed E-state index contributed by atoms with van der Waals surface area (Å²) in [5, 5.41) is 14.2. The topological polar surface area (TPSA) is 72.6 Å². The Morgan fingerprint density at radius 3 is 2.67 bits per heavy atom. The van der Waals surface area contributed by atoms with Crippen LogP contribution in [-0.4, -0.2) is 23.3 Å². The van der Waals surface area contributed by atoms with Gasteiger partial charge in [-0.1, -0.05) is 23.4 Å². The maximum atomic E-state index is 10.1. The molecule has 1 aromatic heterocycles. The SMILES string of the molecule is O=COCCc1noc2cc(-c3ccc(O)cc3)ccc12. The predicted molar refractivity (Wildman–Crippen MR) is 76.8 cm³/mol. The van der Waals surface area contributed by atoms with Gasteiger partial charge in [0.2, 0.25) is 0 Å². The van der Waals surface area contributed by atoms with Gasteiger partial charge in [0.05, 0.1) is 12.3 Å². The molecule has 0 radical (unpaired) electrons. The summed E-state index contributed by atoms with van der Waals surface area (Å²) in [7, 11) is 0. The highest BCUT2D eigenvalue weighted by Gasteiger charge is 2.09. The Hall–Kier alpha value is -2.82.